The molecule has 1 aromatic heterocycles. The zero-order valence-electron chi connectivity index (χ0n) is 11.6. The number of nitrogens with two attached hydrogens (primary N) is 1. The van der Waals surface area contributed by atoms with Crippen molar-refractivity contribution < 1.29 is 14.6 Å². The smallest absolute Gasteiger partial charge is 0.320 e. The number of benzene rings is 1. The number of hydrogen-bond donors (Lipinski definition) is 2. The summed E-state index contributed by atoms with van der Waals surface area (Å²) < 4.78 is 8.13. The molecule has 6 heteroatoms. The van der Waals surface area contributed by atoms with Crippen molar-refractivity contribution in [3.05, 3.63) is 27.9 Å². The molecule has 0 radical (unpaired) electrons. The molecule has 0 amide bonds. The first kappa shape index (κ1) is 14.9. The number of halogens is 1. The molecule has 2 aromatic rings. The lowest BCUT2D eigenvalue weighted by atomic mass is 10.0. The van der Waals surface area contributed by atoms with Gasteiger partial charge in [-0.2, -0.15) is 0 Å². The van der Waals surface area contributed by atoms with E-state index in [0.29, 0.717) is 0 Å². The fourth-order valence-corrected chi connectivity index (χ4v) is 3.01. The summed E-state index contributed by atoms with van der Waals surface area (Å²) in [6.07, 6.45) is 0.264. The maximum absolute atomic E-state index is 11.0. The Labute approximate surface area is 125 Å². The van der Waals surface area contributed by atoms with Gasteiger partial charge in [-0.05, 0) is 46.1 Å². The highest BCUT2D eigenvalue weighted by molar-refractivity contribution is 9.10. The molecule has 1 heterocycles. The number of carboxylic acid groups (broad SMARTS) is 1. The van der Waals surface area contributed by atoms with Gasteiger partial charge in [-0.25, -0.2) is 0 Å². The summed E-state index contributed by atoms with van der Waals surface area (Å²) in [5, 5.41) is 9.96. The van der Waals surface area contributed by atoms with Gasteiger partial charge in [-0.1, -0.05) is 0 Å². The molecule has 0 aliphatic carbocycles. The van der Waals surface area contributed by atoms with Gasteiger partial charge in [0.1, 0.15) is 11.8 Å². The van der Waals surface area contributed by atoms with Crippen molar-refractivity contribution in [2.45, 2.75) is 19.4 Å². The standard InChI is InChI=1S/C14H17BrN2O3/c1-7-4-8(20-3)5-9-10(6-11(16)14(18)19)13(15)17(2)12(7)9/h4-5,11H,6,16H2,1-3H3,(H,18,19). The Hall–Kier alpha value is -1.53. The van der Waals surface area contributed by atoms with Crippen LogP contribution in [0.3, 0.4) is 0 Å². The van der Waals surface area contributed by atoms with Crippen molar-refractivity contribution in [3.63, 3.8) is 0 Å². The van der Waals surface area contributed by atoms with Gasteiger partial charge in [0.25, 0.3) is 0 Å². The number of aromatic nitrogens is 1. The Morgan fingerprint density at radius 1 is 1.55 bits per heavy atom. The molecule has 1 aromatic carbocycles. The molecule has 0 bridgehead atoms. The fraction of sp³-hybridized carbons (Fsp3) is 0.357. The summed E-state index contributed by atoms with van der Waals surface area (Å²) in [5.41, 5.74) is 8.67. The number of aryl methyl sites for hydroxylation is 2. The maximum atomic E-state index is 11.0. The number of methoxy groups -OCH3 is 1. The van der Waals surface area contributed by atoms with Gasteiger partial charge in [0.05, 0.1) is 17.2 Å². The van der Waals surface area contributed by atoms with E-state index < -0.39 is 12.0 Å². The fourth-order valence-electron chi connectivity index (χ4n) is 2.45. The SMILES string of the molecule is COc1cc(C)c2c(c1)c(CC(N)C(=O)O)c(Br)n2C. The van der Waals surface area contributed by atoms with Crippen LogP contribution in [-0.2, 0) is 18.3 Å². The lowest BCUT2D eigenvalue weighted by molar-refractivity contribution is -0.138. The van der Waals surface area contributed by atoms with Gasteiger partial charge in [0.15, 0.2) is 0 Å². The van der Waals surface area contributed by atoms with Crippen LogP contribution in [0.2, 0.25) is 0 Å². The molecule has 108 valence electrons. The van der Waals surface area contributed by atoms with Crippen molar-refractivity contribution in [2.75, 3.05) is 7.11 Å². The Kier molecular flexibility index (Phi) is 4.06. The van der Waals surface area contributed by atoms with Crippen LogP contribution in [-0.4, -0.2) is 28.8 Å². The second-order valence-corrected chi connectivity index (χ2v) is 5.57. The predicted octanol–water partition coefficient (Wildman–Crippen LogP) is 2.21. The number of carbonyl (C=O) groups is 1. The van der Waals surface area contributed by atoms with Gasteiger partial charge < -0.3 is 20.1 Å². The van der Waals surface area contributed by atoms with Crippen molar-refractivity contribution >= 4 is 32.8 Å². The van der Waals surface area contributed by atoms with Crippen molar-refractivity contribution in [3.8, 4) is 5.75 Å². The van der Waals surface area contributed by atoms with E-state index in [9.17, 15) is 4.79 Å². The minimum absolute atomic E-state index is 0.264. The van der Waals surface area contributed by atoms with Gasteiger partial charge in [-0.15, -0.1) is 0 Å². The van der Waals surface area contributed by atoms with Crippen molar-refractivity contribution in [1.82, 2.24) is 4.57 Å². The van der Waals surface area contributed by atoms with E-state index in [1.54, 1.807) is 7.11 Å². The monoisotopic (exact) mass is 340 g/mol. The van der Waals surface area contributed by atoms with Crippen LogP contribution in [0.4, 0.5) is 0 Å². The highest BCUT2D eigenvalue weighted by Crippen LogP contribution is 2.35. The first-order valence-corrected chi connectivity index (χ1v) is 6.96. The summed E-state index contributed by atoms with van der Waals surface area (Å²) in [6, 6.07) is 2.94. The molecular weight excluding hydrogens is 324 g/mol. The van der Waals surface area contributed by atoms with Crippen LogP contribution in [0.1, 0.15) is 11.1 Å². The summed E-state index contributed by atoms with van der Waals surface area (Å²) >= 11 is 3.53. The lowest BCUT2D eigenvalue weighted by Gasteiger charge is -2.07. The Bertz CT molecular complexity index is 679. The first-order valence-electron chi connectivity index (χ1n) is 6.16. The van der Waals surface area contributed by atoms with E-state index in [1.807, 2.05) is 30.7 Å². The number of nitrogens with zero attached hydrogens (tertiary/aromatic N) is 1. The Morgan fingerprint density at radius 2 is 2.20 bits per heavy atom. The highest BCUT2D eigenvalue weighted by Gasteiger charge is 2.21. The third-order valence-corrected chi connectivity index (χ3v) is 4.47. The van der Waals surface area contributed by atoms with Crippen LogP contribution in [0.15, 0.2) is 16.7 Å². The number of fused-ring (bicyclic) bond motifs is 1. The third kappa shape index (κ3) is 2.41. The van der Waals surface area contributed by atoms with E-state index in [4.69, 9.17) is 15.6 Å². The first-order chi connectivity index (χ1) is 9.36. The van der Waals surface area contributed by atoms with E-state index >= 15 is 0 Å². The minimum Gasteiger partial charge on any atom is -0.497 e. The molecule has 3 N–H and O–H groups in total. The van der Waals surface area contributed by atoms with Crippen molar-refractivity contribution in [2.24, 2.45) is 12.8 Å². The topological polar surface area (TPSA) is 77.5 Å². The zero-order chi connectivity index (χ0) is 15.0. The molecule has 2 rings (SSSR count). The van der Waals surface area contributed by atoms with Gasteiger partial charge in [0.2, 0.25) is 0 Å². The number of ether oxygens (including phenoxy) is 1. The summed E-state index contributed by atoms with van der Waals surface area (Å²) in [4.78, 5) is 11.0. The average Bonchev–Trinajstić information content (AvgIpc) is 2.63. The second kappa shape index (κ2) is 5.46. The molecule has 0 spiro atoms. The number of hydrogen-bond acceptors (Lipinski definition) is 3. The van der Waals surface area contributed by atoms with Gasteiger partial charge in [0, 0.05) is 18.9 Å². The predicted molar refractivity (Wildman–Crippen MR) is 81.2 cm³/mol. The quantitative estimate of drug-likeness (QED) is 0.894. The molecular formula is C14H17BrN2O3. The van der Waals surface area contributed by atoms with Crippen LogP contribution >= 0.6 is 15.9 Å². The largest absolute Gasteiger partial charge is 0.497 e. The molecule has 5 nitrogen and oxygen atoms in total. The number of aliphatic carboxylic acids is 1. The van der Waals surface area contributed by atoms with Crippen molar-refractivity contribution in [1.29, 1.82) is 0 Å². The van der Waals surface area contributed by atoms with E-state index in [-0.39, 0.29) is 6.42 Å². The Morgan fingerprint density at radius 3 is 2.75 bits per heavy atom. The zero-order valence-corrected chi connectivity index (χ0v) is 13.2. The Balaban J connectivity index is 2.67. The summed E-state index contributed by atoms with van der Waals surface area (Å²) in [5.74, 6) is -0.258. The lowest BCUT2D eigenvalue weighted by Crippen LogP contribution is -2.32. The highest BCUT2D eigenvalue weighted by atomic mass is 79.9. The normalized spacial score (nSPS) is 12.7. The second-order valence-electron chi connectivity index (χ2n) is 4.82. The average molecular weight is 341 g/mol. The molecule has 0 fully saturated rings. The van der Waals surface area contributed by atoms with Crippen LogP contribution in [0, 0.1) is 6.92 Å². The molecule has 20 heavy (non-hydrogen) atoms. The van der Waals surface area contributed by atoms with E-state index in [1.165, 1.54) is 0 Å². The molecule has 0 saturated carbocycles. The van der Waals surface area contributed by atoms with Gasteiger partial charge in [-0.3, -0.25) is 4.79 Å². The molecule has 0 aliphatic rings. The van der Waals surface area contributed by atoms with E-state index in [2.05, 4.69) is 15.9 Å². The van der Waals surface area contributed by atoms with Crippen LogP contribution < -0.4 is 10.5 Å². The summed E-state index contributed by atoms with van der Waals surface area (Å²) in [7, 11) is 3.54. The molecule has 1 atom stereocenters. The maximum Gasteiger partial charge on any atom is 0.320 e. The minimum atomic E-state index is -1.01. The van der Waals surface area contributed by atoms with E-state index in [0.717, 1.165) is 32.4 Å². The molecule has 0 aliphatic heterocycles. The molecule has 1 unspecified atom stereocenters. The molecule has 0 saturated heterocycles. The van der Waals surface area contributed by atoms with Crippen LogP contribution in [0.5, 0.6) is 5.75 Å². The van der Waals surface area contributed by atoms with Gasteiger partial charge >= 0.3 is 5.97 Å². The van der Waals surface area contributed by atoms with Crippen LogP contribution in [0.25, 0.3) is 10.9 Å². The number of carboxylic acids is 1. The number of rotatable bonds is 4. The summed E-state index contributed by atoms with van der Waals surface area (Å²) in [6.45, 7) is 2.00. The third-order valence-electron chi connectivity index (χ3n) is 3.45.